The Balaban J connectivity index is 1.78. The standard InChI is InChI=1S/C21H23N3O8/c1-15(2)22(11-13-31-20(25)16-3-7-18(8-4-16)23(27)28)12-14-32-21(26)17-5-9-19(10-6-17)24(29)30/h3-10,15H,11-14H2,1-2H3. The Kier molecular flexibility index (Phi) is 8.78. The van der Waals surface area contributed by atoms with Crippen LogP contribution in [-0.2, 0) is 9.47 Å². The Hall–Kier alpha value is -3.86. The van der Waals surface area contributed by atoms with Crippen LogP contribution in [0.4, 0.5) is 11.4 Å². The topological polar surface area (TPSA) is 142 Å². The minimum Gasteiger partial charge on any atom is -0.461 e. The fraction of sp³-hybridized carbons (Fsp3) is 0.333. The Bertz CT molecular complexity index is 883. The van der Waals surface area contributed by atoms with Crippen molar-refractivity contribution in [3.05, 3.63) is 79.9 Å². The molecule has 0 spiro atoms. The molecule has 0 aliphatic carbocycles. The molecule has 2 aromatic carbocycles. The van der Waals surface area contributed by atoms with E-state index in [4.69, 9.17) is 9.47 Å². The number of esters is 2. The predicted molar refractivity (Wildman–Crippen MR) is 113 cm³/mol. The molecule has 0 aliphatic rings. The highest BCUT2D eigenvalue weighted by Gasteiger charge is 2.15. The number of rotatable bonds is 11. The van der Waals surface area contributed by atoms with Gasteiger partial charge >= 0.3 is 11.9 Å². The molecule has 0 amide bonds. The van der Waals surface area contributed by atoms with Crippen molar-refractivity contribution in [2.24, 2.45) is 0 Å². The molecule has 0 atom stereocenters. The smallest absolute Gasteiger partial charge is 0.338 e. The second-order valence-corrected chi connectivity index (χ2v) is 7.01. The normalized spacial score (nSPS) is 10.8. The number of ether oxygens (including phenoxy) is 2. The first-order chi connectivity index (χ1) is 15.2. The van der Waals surface area contributed by atoms with E-state index in [1.54, 1.807) is 0 Å². The van der Waals surface area contributed by atoms with E-state index in [0.717, 1.165) is 0 Å². The van der Waals surface area contributed by atoms with Gasteiger partial charge in [0.05, 0.1) is 21.0 Å². The molecule has 11 nitrogen and oxygen atoms in total. The maximum absolute atomic E-state index is 12.1. The second kappa shape index (κ2) is 11.5. The molecule has 0 heterocycles. The lowest BCUT2D eigenvalue weighted by atomic mass is 10.2. The maximum atomic E-state index is 12.1. The van der Waals surface area contributed by atoms with Crippen molar-refractivity contribution in [3.8, 4) is 0 Å². The van der Waals surface area contributed by atoms with Crippen molar-refractivity contribution < 1.29 is 28.9 Å². The number of carbonyl (C=O) groups excluding carboxylic acids is 2. The quantitative estimate of drug-likeness (QED) is 0.289. The van der Waals surface area contributed by atoms with Crippen LogP contribution in [-0.4, -0.2) is 59.0 Å². The summed E-state index contributed by atoms with van der Waals surface area (Å²) in [5.41, 5.74) is 0.194. The molecule has 32 heavy (non-hydrogen) atoms. The van der Waals surface area contributed by atoms with E-state index in [2.05, 4.69) is 0 Å². The largest absolute Gasteiger partial charge is 0.461 e. The number of non-ortho nitro benzene ring substituents is 2. The third-order valence-electron chi connectivity index (χ3n) is 4.58. The second-order valence-electron chi connectivity index (χ2n) is 7.01. The van der Waals surface area contributed by atoms with Gasteiger partial charge in [-0.1, -0.05) is 0 Å². The number of nitrogens with zero attached hydrogens (tertiary/aromatic N) is 3. The zero-order chi connectivity index (χ0) is 23.7. The molecule has 0 unspecified atom stereocenters. The Morgan fingerprint density at radius 1 is 0.781 bits per heavy atom. The summed E-state index contributed by atoms with van der Waals surface area (Å²) in [4.78, 5) is 46.3. The molecular weight excluding hydrogens is 422 g/mol. The van der Waals surface area contributed by atoms with Crippen LogP contribution in [0.25, 0.3) is 0 Å². The Labute approximate surface area is 183 Å². The van der Waals surface area contributed by atoms with Crippen molar-refractivity contribution in [2.75, 3.05) is 26.3 Å². The van der Waals surface area contributed by atoms with Gasteiger partial charge in [0.15, 0.2) is 0 Å². The summed E-state index contributed by atoms with van der Waals surface area (Å²) in [6.07, 6.45) is 0. The van der Waals surface area contributed by atoms with E-state index in [0.29, 0.717) is 13.1 Å². The zero-order valence-electron chi connectivity index (χ0n) is 17.6. The van der Waals surface area contributed by atoms with Crippen molar-refractivity contribution in [3.63, 3.8) is 0 Å². The molecule has 2 aromatic rings. The van der Waals surface area contributed by atoms with Crippen LogP contribution < -0.4 is 0 Å². The number of nitro benzene ring substituents is 2. The zero-order valence-corrected chi connectivity index (χ0v) is 17.6. The molecule has 0 saturated carbocycles. The molecule has 0 bridgehead atoms. The summed E-state index contributed by atoms with van der Waals surface area (Å²) >= 11 is 0. The SMILES string of the molecule is CC(C)N(CCOC(=O)c1ccc([N+](=O)[O-])cc1)CCOC(=O)c1ccc([N+](=O)[O-])cc1. The van der Waals surface area contributed by atoms with Gasteiger partial charge in [-0.05, 0) is 38.1 Å². The van der Waals surface area contributed by atoms with E-state index in [9.17, 15) is 29.8 Å². The summed E-state index contributed by atoms with van der Waals surface area (Å²) in [7, 11) is 0. The Morgan fingerprint density at radius 2 is 1.12 bits per heavy atom. The first kappa shape index (κ1) is 24.4. The lowest BCUT2D eigenvalue weighted by Crippen LogP contribution is -2.37. The molecule has 0 fully saturated rings. The highest BCUT2D eigenvalue weighted by atomic mass is 16.6. The van der Waals surface area contributed by atoms with Crippen LogP contribution in [0, 0.1) is 20.2 Å². The molecule has 170 valence electrons. The van der Waals surface area contributed by atoms with Crippen molar-refractivity contribution in [1.29, 1.82) is 0 Å². The van der Waals surface area contributed by atoms with Gasteiger partial charge in [0, 0.05) is 43.4 Å². The van der Waals surface area contributed by atoms with Crippen LogP contribution in [0.2, 0.25) is 0 Å². The first-order valence-corrected chi connectivity index (χ1v) is 9.76. The van der Waals surface area contributed by atoms with Crippen LogP contribution in [0.5, 0.6) is 0 Å². The fourth-order valence-corrected chi connectivity index (χ4v) is 2.74. The Morgan fingerprint density at radius 3 is 1.41 bits per heavy atom. The number of carbonyl (C=O) groups is 2. The molecule has 0 radical (unpaired) electrons. The highest BCUT2D eigenvalue weighted by molar-refractivity contribution is 5.90. The molecule has 0 N–H and O–H groups in total. The number of benzene rings is 2. The molecule has 0 saturated heterocycles. The highest BCUT2D eigenvalue weighted by Crippen LogP contribution is 2.14. The van der Waals surface area contributed by atoms with Crippen LogP contribution in [0.3, 0.4) is 0 Å². The average molecular weight is 445 g/mol. The minimum absolute atomic E-state index is 0.0876. The average Bonchev–Trinajstić information content (AvgIpc) is 2.77. The van der Waals surface area contributed by atoms with Crippen LogP contribution >= 0.6 is 0 Å². The molecule has 0 aliphatic heterocycles. The van der Waals surface area contributed by atoms with Gasteiger partial charge < -0.3 is 9.47 Å². The van der Waals surface area contributed by atoms with Gasteiger partial charge in [-0.3, -0.25) is 25.1 Å². The van der Waals surface area contributed by atoms with Crippen molar-refractivity contribution in [1.82, 2.24) is 4.90 Å². The van der Waals surface area contributed by atoms with E-state index < -0.39 is 21.8 Å². The summed E-state index contributed by atoms with van der Waals surface area (Å²) < 4.78 is 10.4. The monoisotopic (exact) mass is 445 g/mol. The lowest BCUT2D eigenvalue weighted by Gasteiger charge is -2.25. The summed E-state index contributed by atoms with van der Waals surface area (Å²) in [5, 5.41) is 21.3. The third kappa shape index (κ3) is 7.13. The van der Waals surface area contributed by atoms with E-state index in [-0.39, 0.29) is 41.8 Å². The fourth-order valence-electron chi connectivity index (χ4n) is 2.74. The van der Waals surface area contributed by atoms with Crippen molar-refractivity contribution in [2.45, 2.75) is 19.9 Å². The van der Waals surface area contributed by atoms with Gasteiger partial charge in [-0.2, -0.15) is 0 Å². The minimum atomic E-state index is -0.590. The maximum Gasteiger partial charge on any atom is 0.338 e. The summed E-state index contributed by atoms with van der Waals surface area (Å²) in [5.74, 6) is -1.18. The summed E-state index contributed by atoms with van der Waals surface area (Å²) in [6.45, 7) is 4.85. The first-order valence-electron chi connectivity index (χ1n) is 9.76. The van der Waals surface area contributed by atoms with E-state index >= 15 is 0 Å². The van der Waals surface area contributed by atoms with Gasteiger partial charge in [0.1, 0.15) is 13.2 Å². The third-order valence-corrected chi connectivity index (χ3v) is 4.58. The van der Waals surface area contributed by atoms with E-state index in [1.807, 2.05) is 18.7 Å². The van der Waals surface area contributed by atoms with Crippen molar-refractivity contribution >= 4 is 23.3 Å². The van der Waals surface area contributed by atoms with Crippen LogP contribution in [0.1, 0.15) is 34.6 Å². The summed E-state index contributed by atoms with van der Waals surface area (Å²) in [6, 6.07) is 10.3. The number of hydrogen-bond donors (Lipinski definition) is 0. The molecule has 11 heteroatoms. The van der Waals surface area contributed by atoms with Crippen LogP contribution in [0.15, 0.2) is 48.5 Å². The lowest BCUT2D eigenvalue weighted by molar-refractivity contribution is -0.385. The van der Waals surface area contributed by atoms with Gasteiger partial charge in [-0.25, -0.2) is 9.59 Å². The van der Waals surface area contributed by atoms with Gasteiger partial charge in [0.25, 0.3) is 11.4 Å². The van der Waals surface area contributed by atoms with Gasteiger partial charge in [0.2, 0.25) is 0 Å². The van der Waals surface area contributed by atoms with E-state index in [1.165, 1.54) is 48.5 Å². The van der Waals surface area contributed by atoms with Gasteiger partial charge in [-0.15, -0.1) is 0 Å². The number of nitro groups is 2. The molecule has 2 rings (SSSR count). The predicted octanol–water partition coefficient (Wildman–Crippen LogP) is 3.23. The molecule has 0 aromatic heterocycles. The number of hydrogen-bond acceptors (Lipinski definition) is 9. The molecular formula is C21H23N3O8.